The van der Waals surface area contributed by atoms with E-state index in [9.17, 15) is 9.36 Å². The average Bonchev–Trinajstić information content (AvgIpc) is 3.23. The summed E-state index contributed by atoms with van der Waals surface area (Å²) in [6, 6.07) is 24.0. The third-order valence-corrected chi connectivity index (χ3v) is 8.27. The minimum Gasteiger partial charge on any atom is -0.353 e. The number of para-hydroxylation sites is 2. The lowest BCUT2D eigenvalue weighted by Crippen LogP contribution is -2.16. The van der Waals surface area contributed by atoms with Gasteiger partial charge in [-0.2, -0.15) is 0 Å². The number of carbonyl (C=O) groups is 1. The van der Waals surface area contributed by atoms with E-state index in [2.05, 4.69) is 16.4 Å². The van der Waals surface area contributed by atoms with Gasteiger partial charge in [0, 0.05) is 27.3 Å². The van der Waals surface area contributed by atoms with E-state index in [0.717, 1.165) is 61.6 Å². The highest BCUT2D eigenvalue weighted by molar-refractivity contribution is 7.70. The number of H-pyrrole nitrogens is 1. The predicted molar refractivity (Wildman–Crippen MR) is 150 cm³/mol. The maximum Gasteiger partial charge on any atom is 0.274 e. The van der Waals surface area contributed by atoms with Crippen LogP contribution in [0.4, 0.5) is 5.69 Å². The topological polar surface area (TPSA) is 74.8 Å². The number of carbonyl (C=O) groups excluding carboxylic acids is 1. The molecule has 5 rings (SSSR count). The Labute approximate surface area is 211 Å². The second-order valence-corrected chi connectivity index (χ2v) is 13.0. The molecule has 0 aliphatic carbocycles. The molecule has 0 aliphatic rings. The Bertz CT molecular complexity index is 1620. The molecule has 0 saturated heterocycles. The summed E-state index contributed by atoms with van der Waals surface area (Å²) in [4.78, 5) is 21.7. The molecule has 36 heavy (non-hydrogen) atoms. The average molecular weight is 496 g/mol. The summed E-state index contributed by atoms with van der Waals surface area (Å²) in [6.07, 6.45) is 1.43. The van der Waals surface area contributed by atoms with Crippen LogP contribution in [-0.4, -0.2) is 29.2 Å². The number of pyridine rings is 1. The molecule has 5 nitrogen and oxygen atoms in total. The SMILES string of the molecule is Cc1cccc(C)c1NC(=O)c1cc2c([nH]c3ccccc32)c(CCc2ccc(P(C)(C)=O)cc2)n1. The van der Waals surface area contributed by atoms with Crippen LogP contribution in [0.25, 0.3) is 21.8 Å². The van der Waals surface area contributed by atoms with E-state index < -0.39 is 7.14 Å². The highest BCUT2D eigenvalue weighted by Gasteiger charge is 2.17. The summed E-state index contributed by atoms with van der Waals surface area (Å²) < 4.78 is 12.4. The molecule has 0 unspecified atom stereocenters. The van der Waals surface area contributed by atoms with Crippen LogP contribution < -0.4 is 10.6 Å². The van der Waals surface area contributed by atoms with Crippen LogP contribution in [0.15, 0.2) is 72.8 Å². The largest absolute Gasteiger partial charge is 0.353 e. The molecule has 0 atom stereocenters. The number of benzene rings is 3. The van der Waals surface area contributed by atoms with Crippen molar-refractivity contribution in [2.75, 3.05) is 18.6 Å². The van der Waals surface area contributed by atoms with Crippen LogP contribution in [0.3, 0.4) is 0 Å². The molecule has 0 spiro atoms. The number of aromatic amines is 1. The maximum atomic E-state index is 13.4. The van der Waals surface area contributed by atoms with Gasteiger partial charge in [0.15, 0.2) is 0 Å². The van der Waals surface area contributed by atoms with E-state index in [-0.39, 0.29) is 5.91 Å². The molecule has 6 heteroatoms. The van der Waals surface area contributed by atoms with Crippen LogP contribution in [0.2, 0.25) is 0 Å². The quantitative estimate of drug-likeness (QED) is 0.260. The molecule has 0 saturated carbocycles. The number of aryl methyl sites for hydroxylation is 4. The minimum absolute atomic E-state index is 0.216. The van der Waals surface area contributed by atoms with Gasteiger partial charge in [0.05, 0.1) is 11.2 Å². The molecular formula is C30H30N3O2P. The molecule has 2 N–H and O–H groups in total. The first-order valence-corrected chi connectivity index (χ1v) is 14.7. The standard InChI is InChI=1S/C30H30N3O2P/c1-19-8-7-9-20(2)28(19)33-30(34)27-18-24-23-10-5-6-11-25(23)32-29(24)26(31-27)17-14-21-12-15-22(16-13-21)36(3,4)35/h5-13,15-16,18,32H,14,17H2,1-4H3,(H,33,34). The van der Waals surface area contributed by atoms with Crippen molar-refractivity contribution < 1.29 is 9.36 Å². The van der Waals surface area contributed by atoms with E-state index in [1.807, 2.05) is 80.6 Å². The second kappa shape index (κ2) is 9.40. The van der Waals surface area contributed by atoms with Crippen LogP contribution in [0.1, 0.15) is 32.9 Å². The van der Waals surface area contributed by atoms with Crippen molar-refractivity contribution in [3.8, 4) is 0 Å². The third-order valence-electron chi connectivity index (χ3n) is 6.73. The minimum atomic E-state index is -2.28. The normalized spacial score (nSPS) is 11.8. The van der Waals surface area contributed by atoms with Crippen molar-refractivity contribution in [2.24, 2.45) is 0 Å². The van der Waals surface area contributed by atoms with Gasteiger partial charge in [-0.1, -0.05) is 60.7 Å². The van der Waals surface area contributed by atoms with Gasteiger partial charge in [0.1, 0.15) is 12.8 Å². The fourth-order valence-electron chi connectivity index (χ4n) is 4.68. The van der Waals surface area contributed by atoms with Gasteiger partial charge in [0.2, 0.25) is 0 Å². The van der Waals surface area contributed by atoms with E-state index in [1.165, 1.54) is 0 Å². The number of aromatic nitrogens is 2. The molecular weight excluding hydrogens is 465 g/mol. The van der Waals surface area contributed by atoms with E-state index in [0.29, 0.717) is 12.1 Å². The van der Waals surface area contributed by atoms with Gasteiger partial charge >= 0.3 is 0 Å². The number of rotatable bonds is 6. The maximum absolute atomic E-state index is 13.4. The molecule has 1 amide bonds. The van der Waals surface area contributed by atoms with Gasteiger partial charge in [-0.25, -0.2) is 4.98 Å². The van der Waals surface area contributed by atoms with Gasteiger partial charge in [-0.3, -0.25) is 4.79 Å². The van der Waals surface area contributed by atoms with Crippen molar-refractivity contribution >= 4 is 45.8 Å². The lowest BCUT2D eigenvalue weighted by molar-refractivity contribution is 0.102. The monoisotopic (exact) mass is 495 g/mol. The Kier molecular flexibility index (Phi) is 6.27. The van der Waals surface area contributed by atoms with Crippen LogP contribution in [-0.2, 0) is 17.4 Å². The summed E-state index contributed by atoms with van der Waals surface area (Å²) in [5, 5.41) is 6.03. The Balaban J connectivity index is 1.52. The number of fused-ring (bicyclic) bond motifs is 3. The highest BCUT2D eigenvalue weighted by atomic mass is 31.2. The predicted octanol–water partition coefficient (Wildman–Crippen LogP) is 6.62. The summed E-state index contributed by atoms with van der Waals surface area (Å²) in [5.41, 5.74) is 7.25. The number of amides is 1. The van der Waals surface area contributed by atoms with Crippen molar-refractivity contribution in [2.45, 2.75) is 26.7 Å². The summed E-state index contributed by atoms with van der Waals surface area (Å²) in [5.74, 6) is -0.216. The van der Waals surface area contributed by atoms with Crippen LogP contribution >= 0.6 is 7.14 Å². The van der Waals surface area contributed by atoms with Crippen LogP contribution in [0, 0.1) is 13.8 Å². The van der Waals surface area contributed by atoms with Gasteiger partial charge in [-0.15, -0.1) is 0 Å². The Morgan fingerprint density at radius 1 is 0.889 bits per heavy atom. The first-order valence-electron chi connectivity index (χ1n) is 12.1. The molecule has 0 aliphatic heterocycles. The number of nitrogens with zero attached hydrogens (tertiary/aromatic N) is 1. The van der Waals surface area contributed by atoms with E-state index in [4.69, 9.17) is 4.98 Å². The zero-order valence-electron chi connectivity index (χ0n) is 21.1. The lowest BCUT2D eigenvalue weighted by atomic mass is 10.0. The number of anilines is 1. The summed E-state index contributed by atoms with van der Waals surface area (Å²) in [7, 11) is -2.28. The zero-order chi connectivity index (χ0) is 25.4. The lowest BCUT2D eigenvalue weighted by Gasteiger charge is -2.12. The summed E-state index contributed by atoms with van der Waals surface area (Å²) >= 11 is 0. The molecule has 0 fully saturated rings. The molecule has 182 valence electrons. The molecule has 2 aromatic heterocycles. The van der Waals surface area contributed by atoms with Crippen molar-refractivity contribution in [3.05, 3.63) is 101 Å². The number of hydrogen-bond acceptors (Lipinski definition) is 3. The fraction of sp³-hybridized carbons (Fsp3) is 0.200. The zero-order valence-corrected chi connectivity index (χ0v) is 21.9. The molecule has 2 heterocycles. The van der Waals surface area contributed by atoms with E-state index >= 15 is 0 Å². The van der Waals surface area contributed by atoms with E-state index in [1.54, 1.807) is 13.3 Å². The Morgan fingerprint density at radius 2 is 1.58 bits per heavy atom. The smallest absolute Gasteiger partial charge is 0.274 e. The number of hydrogen-bond donors (Lipinski definition) is 2. The van der Waals surface area contributed by atoms with Crippen molar-refractivity contribution in [1.82, 2.24) is 9.97 Å². The summed E-state index contributed by atoms with van der Waals surface area (Å²) in [6.45, 7) is 7.55. The third kappa shape index (κ3) is 4.72. The second-order valence-electron chi connectivity index (χ2n) is 9.79. The van der Waals surface area contributed by atoms with Gasteiger partial charge in [0.25, 0.3) is 5.91 Å². The first-order chi connectivity index (χ1) is 17.2. The van der Waals surface area contributed by atoms with Crippen LogP contribution in [0.5, 0.6) is 0 Å². The first kappa shape index (κ1) is 24.0. The Hall–Kier alpha value is -3.69. The molecule has 3 aromatic carbocycles. The fourth-order valence-corrected chi connectivity index (χ4v) is 5.55. The van der Waals surface area contributed by atoms with Gasteiger partial charge < -0.3 is 14.9 Å². The van der Waals surface area contributed by atoms with Crippen molar-refractivity contribution in [1.29, 1.82) is 0 Å². The van der Waals surface area contributed by atoms with Gasteiger partial charge in [-0.05, 0) is 68.8 Å². The van der Waals surface area contributed by atoms with Crippen molar-refractivity contribution in [3.63, 3.8) is 0 Å². The molecule has 5 aromatic rings. The molecule has 0 radical (unpaired) electrons. The molecule has 0 bridgehead atoms. The number of nitrogens with one attached hydrogen (secondary N) is 2. The highest BCUT2D eigenvalue weighted by Crippen LogP contribution is 2.34. The Morgan fingerprint density at radius 3 is 2.28 bits per heavy atom.